The summed E-state index contributed by atoms with van der Waals surface area (Å²) in [7, 11) is 0. The van der Waals surface area contributed by atoms with Gasteiger partial charge in [0, 0.05) is 16.4 Å². The maximum atomic E-state index is 8.74. The molecule has 18 heavy (non-hydrogen) atoms. The van der Waals surface area contributed by atoms with Gasteiger partial charge < -0.3 is 11.1 Å². The highest BCUT2D eigenvalue weighted by Gasteiger charge is 2.04. The third-order valence-corrected chi connectivity index (χ3v) is 3.34. The van der Waals surface area contributed by atoms with Crippen molar-refractivity contribution in [3.63, 3.8) is 0 Å². The average molecular weight is 303 g/mol. The molecule has 1 aromatic heterocycles. The van der Waals surface area contributed by atoms with Crippen molar-refractivity contribution in [2.75, 3.05) is 11.1 Å². The standard InChI is InChI=1S/C13H11BrN4/c1-8-2-3-10(5-11(8)14)18-13-12(16)4-9(6-15)7-17-13/h2-5,7H,16H2,1H3,(H,17,18). The van der Waals surface area contributed by atoms with Crippen LogP contribution in [0.2, 0.25) is 0 Å². The van der Waals surface area contributed by atoms with Crippen molar-refractivity contribution in [2.45, 2.75) is 6.92 Å². The predicted molar refractivity (Wildman–Crippen MR) is 75.5 cm³/mol. The molecule has 0 atom stereocenters. The fourth-order valence-corrected chi connectivity index (χ4v) is 1.83. The Balaban J connectivity index is 2.29. The fourth-order valence-electron chi connectivity index (χ4n) is 1.45. The zero-order chi connectivity index (χ0) is 13.1. The second-order valence-electron chi connectivity index (χ2n) is 3.86. The van der Waals surface area contributed by atoms with Gasteiger partial charge >= 0.3 is 0 Å². The lowest BCUT2D eigenvalue weighted by atomic mass is 10.2. The molecule has 0 amide bonds. The first-order valence-electron chi connectivity index (χ1n) is 5.29. The Labute approximate surface area is 114 Å². The minimum Gasteiger partial charge on any atom is -0.396 e. The number of benzene rings is 1. The Hall–Kier alpha value is -2.06. The van der Waals surface area contributed by atoms with Crippen LogP contribution in [-0.4, -0.2) is 4.98 Å². The van der Waals surface area contributed by atoms with Crippen LogP contribution in [0.3, 0.4) is 0 Å². The number of nitrogens with two attached hydrogens (primary N) is 1. The molecule has 90 valence electrons. The Morgan fingerprint density at radius 3 is 2.78 bits per heavy atom. The van der Waals surface area contributed by atoms with E-state index in [1.807, 2.05) is 31.2 Å². The third kappa shape index (κ3) is 2.60. The molecule has 1 aromatic carbocycles. The van der Waals surface area contributed by atoms with Gasteiger partial charge in [0.05, 0.1) is 11.3 Å². The van der Waals surface area contributed by atoms with Crippen LogP contribution < -0.4 is 11.1 Å². The molecule has 0 bridgehead atoms. The zero-order valence-corrected chi connectivity index (χ0v) is 11.3. The molecule has 0 saturated carbocycles. The lowest BCUT2D eigenvalue weighted by Gasteiger charge is -2.09. The van der Waals surface area contributed by atoms with Crippen molar-refractivity contribution >= 4 is 33.1 Å². The lowest BCUT2D eigenvalue weighted by molar-refractivity contribution is 1.29. The number of aromatic nitrogens is 1. The van der Waals surface area contributed by atoms with E-state index in [9.17, 15) is 0 Å². The number of hydrogen-bond acceptors (Lipinski definition) is 4. The number of pyridine rings is 1. The summed E-state index contributed by atoms with van der Waals surface area (Å²) in [5, 5.41) is 11.9. The van der Waals surface area contributed by atoms with Crippen molar-refractivity contribution in [3.05, 3.63) is 46.1 Å². The van der Waals surface area contributed by atoms with Crippen molar-refractivity contribution in [2.24, 2.45) is 0 Å². The minimum absolute atomic E-state index is 0.447. The van der Waals surface area contributed by atoms with E-state index in [4.69, 9.17) is 11.0 Å². The topological polar surface area (TPSA) is 74.7 Å². The van der Waals surface area contributed by atoms with Crippen LogP contribution in [-0.2, 0) is 0 Å². The highest BCUT2D eigenvalue weighted by Crippen LogP contribution is 2.25. The van der Waals surface area contributed by atoms with Crippen LogP contribution in [0.5, 0.6) is 0 Å². The summed E-state index contributed by atoms with van der Waals surface area (Å²) in [4.78, 5) is 4.12. The van der Waals surface area contributed by atoms with Crippen LogP contribution in [0.15, 0.2) is 34.9 Å². The molecule has 0 aliphatic heterocycles. The van der Waals surface area contributed by atoms with Crippen LogP contribution in [0.25, 0.3) is 0 Å². The van der Waals surface area contributed by atoms with Gasteiger partial charge in [-0.25, -0.2) is 4.98 Å². The molecule has 0 radical (unpaired) electrons. The molecule has 1 heterocycles. The smallest absolute Gasteiger partial charge is 0.153 e. The van der Waals surface area contributed by atoms with Crippen LogP contribution in [0.4, 0.5) is 17.2 Å². The molecule has 0 spiro atoms. The van der Waals surface area contributed by atoms with Crippen LogP contribution >= 0.6 is 15.9 Å². The molecule has 0 aliphatic carbocycles. The largest absolute Gasteiger partial charge is 0.396 e. The van der Waals surface area contributed by atoms with Gasteiger partial charge in [-0.3, -0.25) is 0 Å². The Bertz CT molecular complexity index is 631. The number of halogens is 1. The number of aryl methyl sites for hydroxylation is 1. The highest BCUT2D eigenvalue weighted by atomic mass is 79.9. The summed E-state index contributed by atoms with van der Waals surface area (Å²) in [5.41, 5.74) is 8.76. The van der Waals surface area contributed by atoms with Gasteiger partial charge in [-0.15, -0.1) is 0 Å². The lowest BCUT2D eigenvalue weighted by Crippen LogP contribution is -2.00. The second kappa shape index (κ2) is 5.07. The number of nitriles is 1. The molecular weight excluding hydrogens is 292 g/mol. The molecule has 0 fully saturated rings. The van der Waals surface area contributed by atoms with Crippen LogP contribution in [0.1, 0.15) is 11.1 Å². The van der Waals surface area contributed by atoms with Gasteiger partial charge in [-0.05, 0) is 30.7 Å². The number of hydrogen-bond donors (Lipinski definition) is 2. The molecule has 0 saturated heterocycles. The number of nitrogens with zero attached hydrogens (tertiary/aromatic N) is 2. The maximum Gasteiger partial charge on any atom is 0.153 e. The summed E-state index contributed by atoms with van der Waals surface area (Å²) < 4.78 is 1.01. The summed E-state index contributed by atoms with van der Waals surface area (Å²) in [6.45, 7) is 2.02. The number of rotatable bonds is 2. The molecule has 0 unspecified atom stereocenters. The number of nitrogens with one attached hydrogen (secondary N) is 1. The van der Waals surface area contributed by atoms with Gasteiger partial charge in [0.2, 0.25) is 0 Å². The van der Waals surface area contributed by atoms with Crippen molar-refractivity contribution < 1.29 is 0 Å². The first-order chi connectivity index (χ1) is 8.60. The number of anilines is 3. The monoisotopic (exact) mass is 302 g/mol. The van der Waals surface area contributed by atoms with E-state index in [1.165, 1.54) is 6.20 Å². The molecule has 0 aliphatic rings. The van der Waals surface area contributed by atoms with E-state index in [0.29, 0.717) is 17.1 Å². The van der Waals surface area contributed by atoms with E-state index in [0.717, 1.165) is 15.7 Å². The first kappa shape index (κ1) is 12.4. The van der Waals surface area contributed by atoms with Gasteiger partial charge in [-0.1, -0.05) is 22.0 Å². The maximum absolute atomic E-state index is 8.74. The molecule has 5 heteroatoms. The summed E-state index contributed by atoms with van der Waals surface area (Å²) in [5.74, 6) is 0.546. The van der Waals surface area contributed by atoms with E-state index >= 15 is 0 Å². The van der Waals surface area contributed by atoms with Gasteiger partial charge in [0.1, 0.15) is 6.07 Å². The van der Waals surface area contributed by atoms with E-state index < -0.39 is 0 Å². The molecule has 2 aromatic rings. The van der Waals surface area contributed by atoms with Gasteiger partial charge in [0.15, 0.2) is 5.82 Å². The van der Waals surface area contributed by atoms with Crippen LogP contribution in [0, 0.1) is 18.3 Å². The zero-order valence-electron chi connectivity index (χ0n) is 9.74. The Morgan fingerprint density at radius 1 is 1.39 bits per heavy atom. The average Bonchev–Trinajstić information content (AvgIpc) is 2.36. The summed E-state index contributed by atoms with van der Waals surface area (Å²) >= 11 is 3.47. The van der Waals surface area contributed by atoms with Crippen molar-refractivity contribution in [1.82, 2.24) is 4.98 Å². The van der Waals surface area contributed by atoms with E-state index in [-0.39, 0.29) is 0 Å². The molecule has 3 N–H and O–H groups in total. The van der Waals surface area contributed by atoms with Crippen molar-refractivity contribution in [1.29, 1.82) is 5.26 Å². The van der Waals surface area contributed by atoms with Crippen molar-refractivity contribution in [3.8, 4) is 6.07 Å². The normalized spacial score (nSPS) is 9.83. The Kier molecular flexibility index (Phi) is 3.49. The third-order valence-electron chi connectivity index (χ3n) is 2.48. The molecule has 2 rings (SSSR count). The summed E-state index contributed by atoms with van der Waals surface area (Å²) in [6, 6.07) is 9.48. The predicted octanol–water partition coefficient (Wildman–Crippen LogP) is 3.35. The highest BCUT2D eigenvalue weighted by molar-refractivity contribution is 9.10. The Morgan fingerprint density at radius 2 is 2.17 bits per heavy atom. The summed E-state index contributed by atoms with van der Waals surface area (Å²) in [6.07, 6.45) is 1.49. The first-order valence-corrected chi connectivity index (χ1v) is 6.08. The van der Waals surface area contributed by atoms with Gasteiger partial charge in [0.25, 0.3) is 0 Å². The number of nitrogen functional groups attached to an aromatic ring is 1. The van der Waals surface area contributed by atoms with Gasteiger partial charge in [-0.2, -0.15) is 5.26 Å². The van der Waals surface area contributed by atoms with E-state index in [1.54, 1.807) is 6.07 Å². The fraction of sp³-hybridized carbons (Fsp3) is 0.0769. The molecule has 4 nitrogen and oxygen atoms in total. The van der Waals surface area contributed by atoms with E-state index in [2.05, 4.69) is 26.2 Å². The minimum atomic E-state index is 0.447. The molecular formula is C13H11BrN4. The second-order valence-corrected chi connectivity index (χ2v) is 4.72. The SMILES string of the molecule is Cc1ccc(Nc2ncc(C#N)cc2N)cc1Br. The quantitative estimate of drug-likeness (QED) is 0.892.